The Morgan fingerprint density at radius 3 is 2.69 bits per heavy atom. The predicted molar refractivity (Wildman–Crippen MR) is 93.6 cm³/mol. The molecule has 1 aliphatic rings. The highest BCUT2D eigenvalue weighted by Crippen LogP contribution is 2.32. The molecule has 138 valence electrons. The van der Waals surface area contributed by atoms with Gasteiger partial charge >= 0.3 is 5.69 Å². The van der Waals surface area contributed by atoms with Crippen LogP contribution in [0, 0.1) is 21.8 Å². The number of hydrogen-bond acceptors (Lipinski definition) is 6. The number of nitrogens with zero attached hydrogens (tertiary/aromatic N) is 1. The van der Waals surface area contributed by atoms with E-state index in [0.29, 0.717) is 25.4 Å². The quantitative estimate of drug-likeness (QED) is 0.517. The van der Waals surface area contributed by atoms with Crippen LogP contribution >= 0.6 is 0 Å². The van der Waals surface area contributed by atoms with E-state index in [1.165, 1.54) is 36.4 Å². The number of β-amino-alcohol motifs (C(OH)–C–C–N with tert-alkyl or cyclic N) is 1. The van der Waals surface area contributed by atoms with Crippen LogP contribution < -0.4 is 15.4 Å². The maximum absolute atomic E-state index is 13.0. The molecule has 7 nitrogen and oxygen atoms in total. The molecule has 2 aromatic carbocycles. The van der Waals surface area contributed by atoms with Crippen molar-refractivity contribution in [3.8, 4) is 11.5 Å². The van der Waals surface area contributed by atoms with Crippen molar-refractivity contribution in [1.29, 1.82) is 0 Å². The van der Waals surface area contributed by atoms with Gasteiger partial charge in [-0.25, -0.2) is 4.39 Å². The van der Waals surface area contributed by atoms with Gasteiger partial charge in [-0.1, -0.05) is 6.07 Å². The van der Waals surface area contributed by atoms with Crippen LogP contribution in [0.2, 0.25) is 0 Å². The van der Waals surface area contributed by atoms with Gasteiger partial charge in [-0.05, 0) is 35.9 Å². The molecular formula is C18H20FN3O4. The van der Waals surface area contributed by atoms with E-state index in [2.05, 4.69) is 10.6 Å². The van der Waals surface area contributed by atoms with Crippen molar-refractivity contribution in [2.75, 3.05) is 19.6 Å². The number of benzene rings is 2. The molecule has 2 unspecified atom stereocenters. The Balaban J connectivity index is 1.66. The minimum absolute atomic E-state index is 0.0979. The molecule has 3 N–H and O–H groups in total. The number of aliphatic hydroxyl groups excluding tert-OH is 1. The molecule has 0 aliphatic carbocycles. The van der Waals surface area contributed by atoms with Crippen LogP contribution in [0.5, 0.6) is 11.5 Å². The van der Waals surface area contributed by atoms with E-state index in [4.69, 9.17) is 4.74 Å². The van der Waals surface area contributed by atoms with Crippen LogP contribution in [-0.2, 0) is 6.54 Å². The SMILES string of the molecule is O=[N+]([O-])c1cc(CNCC2CNCC2O)ccc1Oc1ccc(F)cc1. The van der Waals surface area contributed by atoms with E-state index in [0.717, 1.165) is 12.1 Å². The number of ether oxygens (including phenoxy) is 1. The molecule has 1 saturated heterocycles. The molecule has 2 atom stereocenters. The van der Waals surface area contributed by atoms with E-state index in [1.807, 2.05) is 0 Å². The fraction of sp³-hybridized carbons (Fsp3) is 0.333. The molecule has 0 bridgehead atoms. The monoisotopic (exact) mass is 361 g/mol. The molecule has 8 heteroatoms. The third-order valence-corrected chi connectivity index (χ3v) is 4.30. The third-order valence-electron chi connectivity index (χ3n) is 4.30. The van der Waals surface area contributed by atoms with Crippen LogP contribution in [0.4, 0.5) is 10.1 Å². The number of hydrogen-bond donors (Lipinski definition) is 3. The zero-order chi connectivity index (χ0) is 18.5. The summed E-state index contributed by atoms with van der Waals surface area (Å²) in [5, 5.41) is 27.4. The molecule has 0 saturated carbocycles. The average molecular weight is 361 g/mol. The first-order chi connectivity index (χ1) is 12.5. The van der Waals surface area contributed by atoms with E-state index in [1.54, 1.807) is 6.07 Å². The van der Waals surface area contributed by atoms with Gasteiger partial charge in [0.25, 0.3) is 0 Å². The highest BCUT2D eigenvalue weighted by atomic mass is 19.1. The first-order valence-corrected chi connectivity index (χ1v) is 8.33. The van der Waals surface area contributed by atoms with E-state index in [9.17, 15) is 19.6 Å². The van der Waals surface area contributed by atoms with Crippen molar-refractivity contribution in [2.45, 2.75) is 12.6 Å². The van der Waals surface area contributed by atoms with Gasteiger partial charge in [0.15, 0.2) is 0 Å². The first-order valence-electron chi connectivity index (χ1n) is 8.33. The number of rotatable bonds is 7. The largest absolute Gasteiger partial charge is 0.450 e. The van der Waals surface area contributed by atoms with Gasteiger partial charge in [0.2, 0.25) is 5.75 Å². The van der Waals surface area contributed by atoms with Gasteiger partial charge in [-0.15, -0.1) is 0 Å². The summed E-state index contributed by atoms with van der Waals surface area (Å²) in [5.74, 6) is 0.144. The zero-order valence-corrected chi connectivity index (χ0v) is 14.0. The summed E-state index contributed by atoms with van der Waals surface area (Å²) in [6.07, 6.45) is -0.372. The summed E-state index contributed by atoms with van der Waals surface area (Å²) in [6, 6.07) is 10.0. The maximum atomic E-state index is 13.0. The molecule has 3 rings (SSSR count). The Morgan fingerprint density at radius 2 is 2.04 bits per heavy atom. The Labute approximate surface area is 149 Å². The number of halogens is 1. The average Bonchev–Trinajstić information content (AvgIpc) is 3.03. The van der Waals surface area contributed by atoms with Gasteiger partial charge in [-0.2, -0.15) is 0 Å². The summed E-state index contributed by atoms with van der Waals surface area (Å²) >= 11 is 0. The normalized spacial score (nSPS) is 19.5. The van der Waals surface area contributed by atoms with Crippen molar-refractivity contribution in [1.82, 2.24) is 10.6 Å². The van der Waals surface area contributed by atoms with E-state index in [-0.39, 0.29) is 23.5 Å². The molecule has 1 heterocycles. The van der Waals surface area contributed by atoms with Gasteiger partial charge in [0.1, 0.15) is 11.6 Å². The second-order valence-corrected chi connectivity index (χ2v) is 6.23. The number of aliphatic hydroxyl groups is 1. The molecule has 1 fully saturated rings. The van der Waals surface area contributed by atoms with Crippen LogP contribution in [0.15, 0.2) is 42.5 Å². The summed E-state index contributed by atoms with van der Waals surface area (Å²) in [6.45, 7) is 2.41. The predicted octanol–water partition coefficient (Wildman–Crippen LogP) is 2.20. The van der Waals surface area contributed by atoms with Gasteiger partial charge in [0.05, 0.1) is 11.0 Å². The smallest absolute Gasteiger partial charge is 0.311 e. The first kappa shape index (κ1) is 18.2. The fourth-order valence-electron chi connectivity index (χ4n) is 2.86. The standard InChI is InChI=1S/C18H20FN3O4/c19-14-2-4-15(5-3-14)26-18-6-1-12(7-16(18)22(24)25)8-20-9-13-10-21-11-17(13)23/h1-7,13,17,20-21,23H,8-11H2. The Hall–Kier alpha value is -2.55. The number of nitro groups is 1. The second kappa shape index (κ2) is 8.22. The van der Waals surface area contributed by atoms with Crippen LogP contribution in [0.3, 0.4) is 0 Å². The van der Waals surface area contributed by atoms with Crippen molar-refractivity contribution >= 4 is 5.69 Å². The lowest BCUT2D eigenvalue weighted by atomic mass is 10.1. The lowest BCUT2D eigenvalue weighted by Crippen LogP contribution is -2.30. The molecule has 0 aromatic heterocycles. The third kappa shape index (κ3) is 4.54. The lowest BCUT2D eigenvalue weighted by molar-refractivity contribution is -0.385. The molecule has 0 amide bonds. The summed E-state index contributed by atoms with van der Waals surface area (Å²) in [4.78, 5) is 10.8. The lowest BCUT2D eigenvalue weighted by Gasteiger charge is -2.14. The molecule has 1 aliphatic heterocycles. The van der Waals surface area contributed by atoms with Crippen LogP contribution in [0.25, 0.3) is 0 Å². The zero-order valence-electron chi connectivity index (χ0n) is 14.0. The van der Waals surface area contributed by atoms with Crippen LogP contribution in [-0.4, -0.2) is 35.8 Å². The summed E-state index contributed by atoms with van der Waals surface area (Å²) in [7, 11) is 0. The molecule has 0 radical (unpaired) electrons. The summed E-state index contributed by atoms with van der Waals surface area (Å²) < 4.78 is 18.5. The minimum atomic E-state index is -0.507. The Bertz CT molecular complexity index is 770. The Kier molecular flexibility index (Phi) is 5.77. The fourth-order valence-corrected chi connectivity index (χ4v) is 2.86. The van der Waals surface area contributed by atoms with Crippen molar-refractivity contribution < 1.29 is 19.2 Å². The second-order valence-electron chi connectivity index (χ2n) is 6.23. The number of nitro benzene ring substituents is 1. The molecule has 0 spiro atoms. The van der Waals surface area contributed by atoms with Gasteiger partial charge < -0.3 is 20.5 Å². The maximum Gasteiger partial charge on any atom is 0.311 e. The topological polar surface area (TPSA) is 96.7 Å². The van der Waals surface area contributed by atoms with Crippen molar-refractivity contribution in [3.05, 3.63) is 64.0 Å². The minimum Gasteiger partial charge on any atom is -0.450 e. The van der Waals surface area contributed by atoms with E-state index < -0.39 is 10.7 Å². The van der Waals surface area contributed by atoms with E-state index >= 15 is 0 Å². The molecule has 2 aromatic rings. The molecular weight excluding hydrogens is 341 g/mol. The van der Waals surface area contributed by atoms with Crippen molar-refractivity contribution in [3.63, 3.8) is 0 Å². The number of nitrogens with one attached hydrogen (secondary N) is 2. The van der Waals surface area contributed by atoms with Crippen molar-refractivity contribution in [2.24, 2.45) is 5.92 Å². The van der Waals surface area contributed by atoms with Crippen LogP contribution in [0.1, 0.15) is 5.56 Å². The summed E-state index contributed by atoms with van der Waals surface area (Å²) in [5.41, 5.74) is 0.583. The Morgan fingerprint density at radius 1 is 1.27 bits per heavy atom. The van der Waals surface area contributed by atoms with Gasteiger partial charge in [0, 0.05) is 38.2 Å². The molecule has 26 heavy (non-hydrogen) atoms. The highest BCUT2D eigenvalue weighted by Gasteiger charge is 2.24. The highest BCUT2D eigenvalue weighted by molar-refractivity contribution is 5.50. The van der Waals surface area contributed by atoms with Gasteiger partial charge in [-0.3, -0.25) is 10.1 Å².